The average Bonchev–Trinajstić information content (AvgIpc) is 3.33. The van der Waals surface area contributed by atoms with E-state index >= 15 is 0 Å². The molecule has 0 N–H and O–H groups in total. The Bertz CT molecular complexity index is 2550. The van der Waals surface area contributed by atoms with Crippen molar-refractivity contribution in [2.45, 2.75) is 94.9 Å². The number of hydrogen-bond acceptors (Lipinski definition) is 1. The first-order chi connectivity index (χ1) is 36.1. The highest BCUT2D eigenvalue weighted by Gasteiger charge is 2.47. The third kappa shape index (κ3) is 16.9. The van der Waals surface area contributed by atoms with Gasteiger partial charge in [0.25, 0.3) is 0 Å². The number of hydrogen-bond donors (Lipinski definition) is 0. The molecule has 0 saturated carbocycles. The fraction of sp³-hybridized carbons (Fsp3) is 0.308. The van der Waals surface area contributed by atoms with Gasteiger partial charge >= 0.3 is 70.6 Å². The quantitative estimate of drug-likeness (QED) is 0.0457. The van der Waals surface area contributed by atoms with Crippen molar-refractivity contribution in [2.24, 2.45) is 0 Å². The molecule has 0 heterocycles. The van der Waals surface area contributed by atoms with E-state index in [1.807, 2.05) is 0 Å². The summed E-state index contributed by atoms with van der Waals surface area (Å²) in [6.07, 6.45) is -47.0. The summed E-state index contributed by atoms with van der Waals surface area (Å²) in [6, 6.07) is 10.6. The summed E-state index contributed by atoms with van der Waals surface area (Å²) >= 11 is -0.0655. The summed E-state index contributed by atoms with van der Waals surface area (Å²) in [5.74, 6) is 1.01. The molecule has 0 amide bonds. The maximum absolute atomic E-state index is 14.2. The van der Waals surface area contributed by atoms with Gasteiger partial charge in [0.1, 0.15) is 11.9 Å². The fourth-order valence-electron chi connectivity index (χ4n) is 8.34. The molecule has 0 atom stereocenters. The van der Waals surface area contributed by atoms with Crippen LogP contribution >= 0.6 is 0 Å². The molecule has 79 heavy (non-hydrogen) atoms. The van der Waals surface area contributed by atoms with Crippen molar-refractivity contribution < 1.29 is 131 Å². The standard InChI is InChI=1S/C32H12BF24.C20H26IO/c34-25(35,36)13-1-14(26(37,38)39)6-21(5-13)33(22-7-15(27(40,41)42)2-16(8-22)28(43,44)45,23-9-17(29(46,47)48)3-18(10-23)30(49,50)51)24-11-19(31(52,53)54)4-20(12-24)32(55,56)57;1-2-3-4-5-6-10-17-22-20-15-13-19(14-16-20)21-18-11-8-7-9-12-18/h1-12H;7-9,11-16H,2-6,10,17H2,1H3/q-1;+1. The molecule has 0 unspecified atom stereocenters. The summed E-state index contributed by atoms with van der Waals surface area (Å²) in [7, 11) is 0. The van der Waals surface area contributed by atoms with Crippen molar-refractivity contribution in [1.29, 1.82) is 0 Å². The van der Waals surface area contributed by atoms with Gasteiger partial charge in [-0.25, -0.2) is 0 Å². The summed E-state index contributed by atoms with van der Waals surface area (Å²) in [5.41, 5.74) is -30.2. The number of alkyl halides is 24. The lowest BCUT2D eigenvalue weighted by atomic mass is 9.12. The van der Waals surface area contributed by atoms with E-state index in [1.54, 1.807) is 0 Å². The molecule has 0 aliphatic rings. The first-order valence-electron chi connectivity index (χ1n) is 22.9. The van der Waals surface area contributed by atoms with E-state index in [0.717, 1.165) is 12.4 Å². The van der Waals surface area contributed by atoms with Crippen molar-refractivity contribution in [3.8, 4) is 5.75 Å². The molecule has 0 aliphatic heterocycles. The fourth-order valence-corrected chi connectivity index (χ4v) is 10.6. The van der Waals surface area contributed by atoms with Crippen LogP contribution in [0.3, 0.4) is 0 Å². The second kappa shape index (κ2) is 24.1. The molecule has 0 aliphatic carbocycles. The van der Waals surface area contributed by atoms with Crippen LogP contribution in [0.15, 0.2) is 127 Å². The highest BCUT2D eigenvalue weighted by molar-refractivity contribution is 7.20. The lowest BCUT2D eigenvalue weighted by molar-refractivity contribution is -0.597. The second-order valence-electron chi connectivity index (χ2n) is 17.7. The average molecular weight is 1270 g/mol. The molecule has 0 aromatic heterocycles. The Morgan fingerprint density at radius 1 is 0.316 bits per heavy atom. The molecule has 0 fully saturated rings. The van der Waals surface area contributed by atoms with Crippen molar-refractivity contribution in [3.63, 3.8) is 0 Å². The molecule has 6 rings (SSSR count). The topological polar surface area (TPSA) is 9.23 Å². The van der Waals surface area contributed by atoms with Crippen molar-refractivity contribution >= 4 is 28.0 Å². The molecule has 0 spiro atoms. The third-order valence-electron chi connectivity index (χ3n) is 12.0. The van der Waals surface area contributed by atoms with E-state index < -0.39 is 195 Å². The minimum absolute atomic E-state index is 0.0655. The van der Waals surface area contributed by atoms with Crippen molar-refractivity contribution in [2.75, 3.05) is 6.61 Å². The zero-order chi connectivity index (χ0) is 59.4. The number of ether oxygens (including phenoxy) is 1. The number of unbranched alkanes of at least 4 members (excludes halogenated alkanes) is 5. The van der Waals surface area contributed by atoms with Gasteiger partial charge in [-0.15, -0.1) is 0 Å². The molecule has 6 aromatic rings. The van der Waals surface area contributed by atoms with Crippen LogP contribution in [0.1, 0.15) is 90.0 Å². The highest BCUT2D eigenvalue weighted by atomic mass is 127. The molecule has 6 aromatic carbocycles. The van der Waals surface area contributed by atoms with Crippen LogP contribution in [0.4, 0.5) is 105 Å². The van der Waals surface area contributed by atoms with Gasteiger partial charge in [0, 0.05) is 0 Å². The molecule has 0 saturated heterocycles. The van der Waals surface area contributed by atoms with E-state index in [0.29, 0.717) is 0 Å². The lowest BCUT2D eigenvalue weighted by Crippen LogP contribution is -3.61. The maximum atomic E-state index is 14.2. The van der Waals surface area contributed by atoms with Gasteiger partial charge in [-0.2, -0.15) is 127 Å². The van der Waals surface area contributed by atoms with E-state index in [4.69, 9.17) is 4.74 Å². The van der Waals surface area contributed by atoms with Crippen LogP contribution in [-0.4, -0.2) is 12.8 Å². The zero-order valence-electron chi connectivity index (χ0n) is 40.0. The molecule has 0 bridgehead atoms. The molecular formula is C52H38BF24IO. The summed E-state index contributed by atoms with van der Waals surface area (Å²) in [5, 5.41) is 0. The van der Waals surface area contributed by atoms with Gasteiger partial charge < -0.3 is 4.74 Å². The van der Waals surface area contributed by atoms with Crippen LogP contribution in [0.5, 0.6) is 5.75 Å². The second-order valence-corrected chi connectivity index (χ2v) is 20.7. The minimum atomic E-state index is -6.13. The van der Waals surface area contributed by atoms with Crippen LogP contribution in [-0.2, 0) is 49.4 Å². The minimum Gasteiger partial charge on any atom is -0.494 e. The Morgan fingerprint density at radius 2 is 0.570 bits per heavy atom. The van der Waals surface area contributed by atoms with E-state index in [-0.39, 0.29) is 21.2 Å². The Labute approximate surface area is 444 Å². The first kappa shape index (κ1) is 64.1. The smallest absolute Gasteiger partial charge is 0.416 e. The van der Waals surface area contributed by atoms with Gasteiger partial charge in [0.05, 0.1) is 51.1 Å². The van der Waals surface area contributed by atoms with E-state index in [2.05, 4.69) is 61.5 Å². The zero-order valence-corrected chi connectivity index (χ0v) is 42.2. The summed E-state index contributed by atoms with van der Waals surface area (Å²) in [4.78, 5) is 0. The predicted molar refractivity (Wildman–Crippen MR) is 239 cm³/mol. The Balaban J connectivity index is 0.000000433. The molecule has 0 radical (unpaired) electrons. The van der Waals surface area contributed by atoms with Crippen molar-refractivity contribution in [3.05, 3.63) is 179 Å². The molecule has 27 heteroatoms. The molecule has 1 nitrogen and oxygen atoms in total. The van der Waals surface area contributed by atoms with Gasteiger partial charge in [0.15, 0.2) is 7.14 Å². The highest BCUT2D eigenvalue weighted by Crippen LogP contribution is 2.41. The maximum Gasteiger partial charge on any atom is 0.416 e. The van der Waals surface area contributed by atoms with Gasteiger partial charge in [0.2, 0.25) is 0 Å². The first-order valence-corrected chi connectivity index (χ1v) is 25.1. The van der Waals surface area contributed by atoms with Crippen molar-refractivity contribution in [1.82, 2.24) is 0 Å². The molecular weight excluding hydrogens is 1230 g/mol. The van der Waals surface area contributed by atoms with Gasteiger partial charge in [-0.1, -0.05) is 106 Å². The Hall–Kier alpha value is -5.77. The van der Waals surface area contributed by atoms with Crippen LogP contribution in [0.2, 0.25) is 0 Å². The van der Waals surface area contributed by atoms with E-state index in [1.165, 1.54) is 45.7 Å². The van der Waals surface area contributed by atoms with E-state index in [9.17, 15) is 105 Å². The molecule has 430 valence electrons. The Morgan fingerprint density at radius 3 is 0.835 bits per heavy atom. The Kier molecular flexibility index (Phi) is 19.6. The number of rotatable bonds is 14. The SMILES string of the molecule is CCCCCCCCOc1ccc([I+]c2ccccc2)cc1.FC(F)(F)c1cc([B-](c2cc(C(F)(F)F)cc(C(F)(F)F)c2)(c2cc(C(F)(F)F)cc(C(F)(F)F)c2)c2cc(C(F)(F)F)cc(C(F)(F)F)c2)cc(C(F)(F)F)c1. The summed E-state index contributed by atoms with van der Waals surface area (Å²) in [6.45, 7) is 3.10. The van der Waals surface area contributed by atoms with Crippen LogP contribution in [0, 0.1) is 7.14 Å². The number of halogens is 25. The van der Waals surface area contributed by atoms with Crippen LogP contribution in [0.25, 0.3) is 0 Å². The van der Waals surface area contributed by atoms with Crippen LogP contribution < -0.4 is 47.8 Å². The third-order valence-corrected chi connectivity index (χ3v) is 14.7. The normalized spacial score (nSPS) is 13.3. The monoisotopic (exact) mass is 1270 g/mol. The lowest BCUT2D eigenvalue weighted by Gasteiger charge is -2.46. The van der Waals surface area contributed by atoms with Gasteiger partial charge in [-0.05, 0) is 67.1 Å². The van der Waals surface area contributed by atoms with Gasteiger partial charge in [-0.3, -0.25) is 0 Å². The largest absolute Gasteiger partial charge is 0.494 e. The predicted octanol–water partition coefficient (Wildman–Crippen LogP) is 13.8. The summed E-state index contributed by atoms with van der Waals surface area (Å²) < 4.78 is 350. The number of benzene rings is 6.